The molecule has 0 aromatic heterocycles. The Bertz CT molecular complexity index is 415. The van der Waals surface area contributed by atoms with E-state index in [4.69, 9.17) is 10.4 Å². The standard InChI is InChI=1S/C10H6FNO2/c11-9(10(13)14)5-7-1-3-8(6-12)4-2-7/h1-5H,(H,13,14)/b9-5-. The molecule has 1 N–H and O–H groups in total. The van der Waals surface area contributed by atoms with E-state index in [0.717, 1.165) is 6.08 Å². The summed E-state index contributed by atoms with van der Waals surface area (Å²) in [5, 5.41) is 16.7. The smallest absolute Gasteiger partial charge is 0.364 e. The number of hydrogen-bond acceptors (Lipinski definition) is 2. The van der Waals surface area contributed by atoms with E-state index in [1.165, 1.54) is 24.3 Å². The summed E-state index contributed by atoms with van der Waals surface area (Å²) in [5.74, 6) is -2.83. The summed E-state index contributed by atoms with van der Waals surface area (Å²) in [6.45, 7) is 0. The number of aliphatic carboxylic acids is 1. The molecule has 1 aromatic carbocycles. The summed E-state index contributed by atoms with van der Waals surface area (Å²) in [6.07, 6.45) is 0.892. The first-order valence-electron chi connectivity index (χ1n) is 3.74. The lowest BCUT2D eigenvalue weighted by molar-refractivity contribution is -0.134. The van der Waals surface area contributed by atoms with Crippen molar-refractivity contribution in [3.05, 3.63) is 41.2 Å². The van der Waals surface area contributed by atoms with Gasteiger partial charge in [0.2, 0.25) is 5.83 Å². The van der Waals surface area contributed by atoms with Crippen LogP contribution in [-0.4, -0.2) is 11.1 Å². The molecule has 0 saturated heterocycles. The summed E-state index contributed by atoms with van der Waals surface area (Å²) >= 11 is 0. The van der Waals surface area contributed by atoms with Crippen molar-refractivity contribution in [2.24, 2.45) is 0 Å². The van der Waals surface area contributed by atoms with E-state index in [1.54, 1.807) is 0 Å². The molecule has 3 nitrogen and oxygen atoms in total. The van der Waals surface area contributed by atoms with Gasteiger partial charge in [-0.2, -0.15) is 9.65 Å². The number of benzene rings is 1. The Labute approximate surface area is 79.7 Å². The van der Waals surface area contributed by atoms with Gasteiger partial charge in [-0.3, -0.25) is 0 Å². The number of nitriles is 1. The minimum atomic E-state index is -1.60. The van der Waals surface area contributed by atoms with Gasteiger partial charge in [0.25, 0.3) is 0 Å². The predicted octanol–water partition coefficient (Wildman–Crippen LogP) is 1.95. The van der Waals surface area contributed by atoms with Crippen LogP contribution in [0.3, 0.4) is 0 Å². The van der Waals surface area contributed by atoms with E-state index in [-0.39, 0.29) is 0 Å². The zero-order chi connectivity index (χ0) is 10.6. The third-order valence-corrected chi connectivity index (χ3v) is 1.54. The Morgan fingerprint density at radius 3 is 2.43 bits per heavy atom. The molecule has 0 amide bonds. The Morgan fingerprint density at radius 1 is 1.43 bits per heavy atom. The average Bonchev–Trinajstić information content (AvgIpc) is 2.19. The SMILES string of the molecule is N#Cc1ccc(/C=C(\F)C(=O)O)cc1. The molecule has 0 saturated carbocycles. The largest absolute Gasteiger partial charge is 0.476 e. The maximum Gasteiger partial charge on any atom is 0.364 e. The first kappa shape index (κ1) is 9.93. The fourth-order valence-corrected chi connectivity index (χ4v) is 0.862. The molecule has 14 heavy (non-hydrogen) atoms. The van der Waals surface area contributed by atoms with Crippen LogP contribution in [0.1, 0.15) is 11.1 Å². The van der Waals surface area contributed by atoms with E-state index >= 15 is 0 Å². The molecule has 0 fully saturated rings. The molecule has 0 heterocycles. The van der Waals surface area contributed by atoms with Crippen LogP contribution in [0.25, 0.3) is 6.08 Å². The topological polar surface area (TPSA) is 61.1 Å². The summed E-state index contributed by atoms with van der Waals surface area (Å²) in [6, 6.07) is 7.82. The maximum atomic E-state index is 12.6. The minimum Gasteiger partial charge on any atom is -0.476 e. The van der Waals surface area contributed by atoms with Gasteiger partial charge in [0.15, 0.2) is 0 Å². The van der Waals surface area contributed by atoms with Gasteiger partial charge in [-0.05, 0) is 23.8 Å². The van der Waals surface area contributed by atoms with Crippen LogP contribution >= 0.6 is 0 Å². The molecule has 1 rings (SSSR count). The Balaban J connectivity index is 2.95. The maximum absolute atomic E-state index is 12.6. The first-order valence-corrected chi connectivity index (χ1v) is 3.74. The highest BCUT2D eigenvalue weighted by Gasteiger charge is 2.04. The van der Waals surface area contributed by atoms with Crippen LogP contribution in [0.4, 0.5) is 4.39 Å². The average molecular weight is 191 g/mol. The Hall–Kier alpha value is -2.15. The summed E-state index contributed by atoms with van der Waals surface area (Å²) in [4.78, 5) is 10.1. The molecule has 0 bridgehead atoms. The molecule has 0 aliphatic heterocycles. The van der Waals surface area contributed by atoms with Crippen molar-refractivity contribution in [2.45, 2.75) is 0 Å². The van der Waals surface area contributed by atoms with Gasteiger partial charge in [0.1, 0.15) is 0 Å². The quantitative estimate of drug-likeness (QED) is 0.726. The van der Waals surface area contributed by atoms with Crippen molar-refractivity contribution < 1.29 is 14.3 Å². The van der Waals surface area contributed by atoms with Crippen LogP contribution in [0.2, 0.25) is 0 Å². The zero-order valence-electron chi connectivity index (χ0n) is 7.07. The third-order valence-electron chi connectivity index (χ3n) is 1.54. The highest BCUT2D eigenvalue weighted by atomic mass is 19.1. The molecule has 0 atom stereocenters. The minimum absolute atomic E-state index is 0.406. The highest BCUT2D eigenvalue weighted by molar-refractivity contribution is 5.89. The molecule has 4 heteroatoms. The number of halogens is 1. The van der Waals surface area contributed by atoms with Gasteiger partial charge >= 0.3 is 5.97 Å². The van der Waals surface area contributed by atoms with Crippen molar-refractivity contribution in [1.29, 1.82) is 5.26 Å². The molecule has 0 radical (unpaired) electrons. The second kappa shape index (κ2) is 4.19. The van der Waals surface area contributed by atoms with Gasteiger partial charge in [-0.15, -0.1) is 0 Å². The van der Waals surface area contributed by atoms with Crippen molar-refractivity contribution in [3.8, 4) is 6.07 Å². The molecule has 70 valence electrons. The molecular weight excluding hydrogens is 185 g/mol. The third kappa shape index (κ3) is 2.42. The van der Waals surface area contributed by atoms with E-state index in [1.807, 2.05) is 6.07 Å². The summed E-state index contributed by atoms with van der Waals surface area (Å²) < 4.78 is 12.6. The zero-order valence-corrected chi connectivity index (χ0v) is 7.07. The molecule has 0 spiro atoms. The van der Waals surface area contributed by atoms with Crippen LogP contribution < -0.4 is 0 Å². The van der Waals surface area contributed by atoms with Gasteiger partial charge < -0.3 is 5.11 Å². The second-order valence-electron chi connectivity index (χ2n) is 2.53. The van der Waals surface area contributed by atoms with Gasteiger partial charge in [0, 0.05) is 0 Å². The van der Waals surface area contributed by atoms with Crippen LogP contribution in [-0.2, 0) is 4.79 Å². The normalized spacial score (nSPS) is 10.7. The Kier molecular flexibility index (Phi) is 2.97. The van der Waals surface area contributed by atoms with E-state index < -0.39 is 11.8 Å². The number of nitrogens with zero attached hydrogens (tertiary/aromatic N) is 1. The molecule has 0 unspecified atom stereocenters. The predicted molar refractivity (Wildman–Crippen MR) is 47.9 cm³/mol. The lowest BCUT2D eigenvalue weighted by Gasteiger charge is -1.93. The summed E-state index contributed by atoms with van der Waals surface area (Å²) in [7, 11) is 0. The van der Waals surface area contributed by atoms with Crippen molar-refractivity contribution >= 4 is 12.0 Å². The van der Waals surface area contributed by atoms with E-state index in [0.29, 0.717) is 11.1 Å². The van der Waals surface area contributed by atoms with E-state index in [9.17, 15) is 9.18 Å². The molecule has 1 aromatic rings. The van der Waals surface area contributed by atoms with E-state index in [2.05, 4.69) is 0 Å². The first-order chi connectivity index (χ1) is 6.63. The fraction of sp³-hybridized carbons (Fsp3) is 0. The number of carbonyl (C=O) groups is 1. The van der Waals surface area contributed by atoms with Gasteiger partial charge in [-0.1, -0.05) is 12.1 Å². The Morgan fingerprint density at radius 2 is 2.00 bits per heavy atom. The number of hydrogen-bond donors (Lipinski definition) is 1. The highest BCUT2D eigenvalue weighted by Crippen LogP contribution is 2.09. The van der Waals surface area contributed by atoms with Gasteiger partial charge in [-0.25, -0.2) is 4.79 Å². The summed E-state index contributed by atoms with van der Waals surface area (Å²) in [5.41, 5.74) is 0.849. The van der Waals surface area contributed by atoms with Crippen molar-refractivity contribution in [3.63, 3.8) is 0 Å². The van der Waals surface area contributed by atoms with Crippen LogP contribution in [0.15, 0.2) is 30.1 Å². The number of carboxylic acid groups (broad SMARTS) is 1. The lowest BCUT2D eigenvalue weighted by Crippen LogP contribution is -1.93. The van der Waals surface area contributed by atoms with Crippen LogP contribution in [0, 0.1) is 11.3 Å². The molecule has 0 aliphatic carbocycles. The molecular formula is C10H6FNO2. The van der Waals surface area contributed by atoms with Crippen molar-refractivity contribution in [2.75, 3.05) is 0 Å². The monoisotopic (exact) mass is 191 g/mol. The van der Waals surface area contributed by atoms with Gasteiger partial charge in [0.05, 0.1) is 11.6 Å². The number of carboxylic acids is 1. The molecule has 0 aliphatic rings. The van der Waals surface area contributed by atoms with Crippen LogP contribution in [0.5, 0.6) is 0 Å². The second-order valence-corrected chi connectivity index (χ2v) is 2.53. The van der Waals surface area contributed by atoms with Crippen molar-refractivity contribution in [1.82, 2.24) is 0 Å². The fourth-order valence-electron chi connectivity index (χ4n) is 0.862. The lowest BCUT2D eigenvalue weighted by atomic mass is 10.1. The number of rotatable bonds is 2.